The molecule has 0 fully saturated rings. The SMILES string of the molecule is CCCNC(=S)N(C)CCC(F)(F)F. The number of halogens is 3. The fraction of sp³-hybridized carbons (Fsp3) is 0.875. The van der Waals surface area contributed by atoms with Gasteiger partial charge in [-0.15, -0.1) is 0 Å². The number of rotatable bonds is 4. The number of nitrogens with one attached hydrogen (secondary N) is 1. The van der Waals surface area contributed by atoms with Crippen molar-refractivity contribution >= 4 is 17.3 Å². The van der Waals surface area contributed by atoms with Crippen molar-refractivity contribution in [3.05, 3.63) is 0 Å². The molecule has 0 atom stereocenters. The molecule has 0 spiro atoms. The van der Waals surface area contributed by atoms with Crippen molar-refractivity contribution < 1.29 is 13.2 Å². The lowest BCUT2D eigenvalue weighted by Gasteiger charge is -2.21. The summed E-state index contributed by atoms with van der Waals surface area (Å²) >= 11 is 4.88. The van der Waals surface area contributed by atoms with Gasteiger partial charge in [-0.1, -0.05) is 6.92 Å². The molecule has 0 rings (SSSR count). The van der Waals surface area contributed by atoms with Gasteiger partial charge in [-0.3, -0.25) is 0 Å². The van der Waals surface area contributed by atoms with E-state index in [2.05, 4.69) is 5.32 Å². The molecule has 0 aliphatic rings. The first-order valence-electron chi connectivity index (χ1n) is 4.42. The highest BCUT2D eigenvalue weighted by Crippen LogP contribution is 2.19. The van der Waals surface area contributed by atoms with Crippen LogP contribution in [0.15, 0.2) is 0 Å². The van der Waals surface area contributed by atoms with Crippen LogP contribution in [0.5, 0.6) is 0 Å². The fourth-order valence-electron chi connectivity index (χ4n) is 0.763. The molecule has 0 amide bonds. The fourth-order valence-corrected chi connectivity index (χ4v) is 0.956. The minimum Gasteiger partial charge on any atom is -0.363 e. The van der Waals surface area contributed by atoms with Crippen LogP contribution in [0.1, 0.15) is 19.8 Å². The van der Waals surface area contributed by atoms with Gasteiger partial charge in [0.1, 0.15) is 0 Å². The monoisotopic (exact) mass is 228 g/mol. The Labute approximate surface area is 87.5 Å². The Morgan fingerprint density at radius 2 is 2.00 bits per heavy atom. The largest absolute Gasteiger partial charge is 0.390 e. The third-order valence-corrected chi connectivity index (χ3v) is 2.06. The van der Waals surface area contributed by atoms with Crippen molar-refractivity contribution in [2.75, 3.05) is 20.1 Å². The van der Waals surface area contributed by atoms with Crippen LogP contribution in [0.4, 0.5) is 13.2 Å². The molecule has 0 aromatic rings. The van der Waals surface area contributed by atoms with Crippen LogP contribution in [0.2, 0.25) is 0 Å². The van der Waals surface area contributed by atoms with Crippen molar-refractivity contribution in [2.24, 2.45) is 0 Å². The molecule has 0 saturated carbocycles. The van der Waals surface area contributed by atoms with Crippen LogP contribution in [0, 0.1) is 0 Å². The first-order valence-corrected chi connectivity index (χ1v) is 4.83. The van der Waals surface area contributed by atoms with Crippen molar-refractivity contribution in [3.8, 4) is 0 Å². The zero-order chi connectivity index (χ0) is 11.2. The standard InChI is InChI=1S/C8H15F3N2S/c1-3-5-12-7(14)13(2)6-4-8(9,10)11/h3-6H2,1-2H3,(H,12,14). The number of hydrogen-bond donors (Lipinski definition) is 1. The van der Waals surface area contributed by atoms with Crippen LogP contribution in [0.3, 0.4) is 0 Å². The average molecular weight is 228 g/mol. The molecule has 0 aromatic heterocycles. The second-order valence-corrected chi connectivity index (χ2v) is 3.41. The summed E-state index contributed by atoms with van der Waals surface area (Å²) in [4.78, 5) is 1.40. The zero-order valence-electron chi connectivity index (χ0n) is 8.32. The van der Waals surface area contributed by atoms with Gasteiger partial charge in [0, 0.05) is 20.1 Å². The first kappa shape index (κ1) is 13.5. The number of alkyl halides is 3. The molecule has 0 saturated heterocycles. The lowest BCUT2D eigenvalue weighted by molar-refractivity contribution is -0.135. The molecule has 0 radical (unpaired) electrons. The summed E-state index contributed by atoms with van der Waals surface area (Å²) < 4.78 is 35.5. The van der Waals surface area contributed by atoms with E-state index in [1.807, 2.05) is 6.92 Å². The quantitative estimate of drug-likeness (QED) is 0.742. The summed E-state index contributed by atoms with van der Waals surface area (Å²) in [6, 6.07) is 0. The maximum absolute atomic E-state index is 11.8. The normalized spacial score (nSPS) is 11.2. The smallest absolute Gasteiger partial charge is 0.363 e. The minimum absolute atomic E-state index is 0.0982. The summed E-state index contributed by atoms with van der Waals surface area (Å²) in [5.74, 6) is 0. The van der Waals surface area contributed by atoms with Crippen molar-refractivity contribution in [2.45, 2.75) is 25.9 Å². The molecular weight excluding hydrogens is 213 g/mol. The van der Waals surface area contributed by atoms with E-state index in [4.69, 9.17) is 12.2 Å². The van der Waals surface area contributed by atoms with Crippen LogP contribution >= 0.6 is 12.2 Å². The second kappa shape index (κ2) is 6.06. The van der Waals surface area contributed by atoms with Gasteiger partial charge in [-0.2, -0.15) is 13.2 Å². The third kappa shape index (κ3) is 6.94. The number of thiocarbonyl (C=S) groups is 1. The first-order chi connectivity index (χ1) is 6.37. The molecule has 2 nitrogen and oxygen atoms in total. The van der Waals surface area contributed by atoms with Gasteiger partial charge in [0.05, 0.1) is 6.42 Å². The lowest BCUT2D eigenvalue weighted by atomic mass is 10.4. The maximum atomic E-state index is 11.8. The molecule has 0 bridgehead atoms. The maximum Gasteiger partial charge on any atom is 0.390 e. The summed E-state index contributed by atoms with van der Waals surface area (Å²) in [6.07, 6.45) is -4.06. The average Bonchev–Trinajstić information content (AvgIpc) is 2.09. The Bertz CT molecular complexity index is 182. The van der Waals surface area contributed by atoms with Gasteiger partial charge in [0.2, 0.25) is 0 Å². The highest BCUT2D eigenvalue weighted by Gasteiger charge is 2.27. The van der Waals surface area contributed by atoms with Crippen LogP contribution < -0.4 is 5.32 Å². The van der Waals surface area contributed by atoms with Gasteiger partial charge in [0.25, 0.3) is 0 Å². The number of hydrogen-bond acceptors (Lipinski definition) is 1. The van der Waals surface area contributed by atoms with Crippen LogP contribution in [-0.4, -0.2) is 36.3 Å². The molecular formula is C8H15F3N2S. The Balaban J connectivity index is 3.73. The van der Waals surface area contributed by atoms with Gasteiger partial charge in [-0.05, 0) is 18.6 Å². The molecule has 0 unspecified atom stereocenters. The molecule has 6 heteroatoms. The molecule has 0 aliphatic heterocycles. The van der Waals surface area contributed by atoms with Crippen molar-refractivity contribution in [3.63, 3.8) is 0 Å². The topological polar surface area (TPSA) is 15.3 Å². The number of nitrogens with zero attached hydrogens (tertiary/aromatic N) is 1. The summed E-state index contributed by atoms with van der Waals surface area (Å²) in [6.45, 7) is 2.56. The van der Waals surface area contributed by atoms with Crippen molar-refractivity contribution in [1.29, 1.82) is 0 Å². The Kier molecular flexibility index (Phi) is 5.83. The Morgan fingerprint density at radius 1 is 1.43 bits per heavy atom. The van der Waals surface area contributed by atoms with E-state index in [0.717, 1.165) is 6.42 Å². The molecule has 0 heterocycles. The molecule has 0 aliphatic carbocycles. The van der Waals surface area contributed by atoms with Crippen LogP contribution in [0.25, 0.3) is 0 Å². The van der Waals surface area contributed by atoms with E-state index in [-0.39, 0.29) is 6.54 Å². The summed E-state index contributed by atoms with van der Waals surface area (Å²) in [7, 11) is 1.55. The van der Waals surface area contributed by atoms with Gasteiger partial charge >= 0.3 is 6.18 Å². The second-order valence-electron chi connectivity index (χ2n) is 3.02. The highest BCUT2D eigenvalue weighted by molar-refractivity contribution is 7.80. The van der Waals surface area contributed by atoms with E-state index >= 15 is 0 Å². The van der Waals surface area contributed by atoms with Gasteiger partial charge in [-0.25, -0.2) is 0 Å². The predicted octanol–water partition coefficient (Wildman–Crippen LogP) is 2.16. The summed E-state index contributed by atoms with van der Waals surface area (Å²) in [5, 5.41) is 3.23. The molecule has 1 N–H and O–H groups in total. The molecule has 14 heavy (non-hydrogen) atoms. The van der Waals surface area contributed by atoms with E-state index < -0.39 is 12.6 Å². The van der Waals surface area contributed by atoms with E-state index in [0.29, 0.717) is 11.7 Å². The van der Waals surface area contributed by atoms with Crippen LogP contribution in [-0.2, 0) is 0 Å². The Morgan fingerprint density at radius 3 is 2.43 bits per heavy atom. The lowest BCUT2D eigenvalue weighted by Crippen LogP contribution is -2.39. The minimum atomic E-state index is -4.12. The Hall–Kier alpha value is -0.520. The van der Waals surface area contributed by atoms with Crippen molar-refractivity contribution in [1.82, 2.24) is 10.2 Å². The van der Waals surface area contributed by atoms with E-state index in [1.165, 1.54) is 4.90 Å². The summed E-state index contributed by atoms with van der Waals surface area (Å²) in [5.41, 5.74) is 0. The van der Waals surface area contributed by atoms with E-state index in [1.54, 1.807) is 7.05 Å². The van der Waals surface area contributed by atoms with E-state index in [9.17, 15) is 13.2 Å². The van der Waals surface area contributed by atoms with Gasteiger partial charge in [0.15, 0.2) is 5.11 Å². The molecule has 0 aromatic carbocycles. The molecule has 84 valence electrons. The predicted molar refractivity (Wildman–Crippen MR) is 54.2 cm³/mol. The zero-order valence-corrected chi connectivity index (χ0v) is 9.13. The highest BCUT2D eigenvalue weighted by atomic mass is 32.1. The third-order valence-electron chi connectivity index (χ3n) is 1.60. The van der Waals surface area contributed by atoms with Gasteiger partial charge < -0.3 is 10.2 Å².